The number of carboxylic acids is 1. The molecule has 0 amide bonds. The summed E-state index contributed by atoms with van der Waals surface area (Å²) in [4.78, 5) is 37.7. The topological polar surface area (TPSA) is 108 Å². The molecule has 0 aromatic carbocycles. The van der Waals surface area contributed by atoms with Gasteiger partial charge in [-0.25, -0.2) is 4.79 Å². The molecule has 0 heterocycles. The summed E-state index contributed by atoms with van der Waals surface area (Å²) in [5.41, 5.74) is 0. The van der Waals surface area contributed by atoms with Crippen LogP contribution in [0.3, 0.4) is 0 Å². The number of nitrogens with zero attached hydrogens (tertiary/aromatic N) is 1. The van der Waals surface area contributed by atoms with Crippen molar-refractivity contribution in [3.8, 4) is 0 Å². The number of carbonyl (C=O) groups is 3. The highest BCUT2D eigenvalue weighted by Gasteiger charge is 2.25. The summed E-state index contributed by atoms with van der Waals surface area (Å²) in [6.45, 7) is 4.91. The van der Waals surface area contributed by atoms with Crippen LogP contribution in [0, 0.1) is 0 Å². The van der Waals surface area contributed by atoms with Gasteiger partial charge in [-0.2, -0.15) is 0 Å². The molecule has 0 saturated carbocycles. The van der Waals surface area contributed by atoms with Crippen molar-refractivity contribution >= 4 is 17.9 Å². The zero-order valence-corrected chi connectivity index (χ0v) is 59.6. The molecule has 0 saturated heterocycles. The predicted octanol–water partition coefficient (Wildman–Crippen LogP) is 24.3. The number of esters is 2. The summed E-state index contributed by atoms with van der Waals surface area (Å²) in [6.07, 6.45) is 90.7. The smallest absolute Gasteiger partial charge is 0.361 e. The summed E-state index contributed by atoms with van der Waals surface area (Å²) in [6, 6.07) is 0. The average molecular weight is 1250 g/mol. The third-order valence-electron chi connectivity index (χ3n) is 17.2. The number of quaternary nitrogens is 1. The van der Waals surface area contributed by atoms with Gasteiger partial charge in [0.05, 0.1) is 34.4 Å². The van der Waals surface area contributed by atoms with Crippen molar-refractivity contribution in [3.63, 3.8) is 0 Å². The molecule has 0 bridgehead atoms. The lowest BCUT2D eigenvalue weighted by molar-refractivity contribution is -0.870. The molecule has 0 aliphatic carbocycles. The number of rotatable bonds is 72. The molecule has 0 aliphatic rings. The monoisotopic (exact) mass is 1250 g/mol. The maximum absolute atomic E-state index is 13.0. The van der Waals surface area contributed by atoms with Crippen LogP contribution in [0.1, 0.15) is 373 Å². The normalized spacial score (nSPS) is 13.0. The first kappa shape index (κ1) is 86.0. The van der Waals surface area contributed by atoms with E-state index in [1.165, 1.54) is 289 Å². The minimum atomic E-state index is -1.51. The fourth-order valence-corrected chi connectivity index (χ4v) is 11.4. The number of hydrogen-bond acceptors (Lipinski definition) is 7. The minimum Gasteiger partial charge on any atom is -0.477 e. The summed E-state index contributed by atoms with van der Waals surface area (Å²) < 4.78 is 23.0. The van der Waals surface area contributed by atoms with Crippen molar-refractivity contribution in [1.82, 2.24) is 0 Å². The maximum atomic E-state index is 13.0. The van der Waals surface area contributed by atoms with Crippen LogP contribution in [0.2, 0.25) is 0 Å². The van der Waals surface area contributed by atoms with E-state index in [1.54, 1.807) is 0 Å². The number of aliphatic carboxylic acids is 1. The summed E-state index contributed by atoms with van der Waals surface area (Å²) in [5.74, 6) is -1.98. The van der Waals surface area contributed by atoms with Crippen LogP contribution in [-0.2, 0) is 33.3 Å². The Morgan fingerprint density at radius 2 is 0.607 bits per heavy atom. The molecule has 9 heteroatoms. The van der Waals surface area contributed by atoms with Crippen molar-refractivity contribution < 1.29 is 42.9 Å². The highest BCUT2D eigenvalue weighted by atomic mass is 16.7. The van der Waals surface area contributed by atoms with Gasteiger partial charge in [0.2, 0.25) is 0 Å². The van der Waals surface area contributed by atoms with Crippen molar-refractivity contribution in [2.24, 2.45) is 0 Å². The molecule has 2 atom stereocenters. The first-order valence-corrected chi connectivity index (χ1v) is 38.5. The molecule has 0 aromatic heterocycles. The van der Waals surface area contributed by atoms with E-state index in [0.29, 0.717) is 17.4 Å². The van der Waals surface area contributed by atoms with Crippen molar-refractivity contribution in [2.75, 3.05) is 47.5 Å². The summed E-state index contributed by atoms with van der Waals surface area (Å²) in [5, 5.41) is 9.76. The Morgan fingerprint density at radius 1 is 0.337 bits per heavy atom. The van der Waals surface area contributed by atoms with Gasteiger partial charge < -0.3 is 28.5 Å². The Morgan fingerprint density at radius 3 is 0.899 bits per heavy atom. The Hall–Kier alpha value is -3.01. The minimum absolute atomic E-state index is 0.179. The van der Waals surface area contributed by atoms with E-state index in [2.05, 4.69) is 74.6 Å². The SMILES string of the molecule is CCCCCCC/C=C\C/C=C\C/C=C\CCCCCCCCCCCCCCCCC(=O)OC(COC(=O)CCCCCCCCCCCCCCCCCCCCCCCCC/C=C\C/C=C\CCCCCCC)COC(OCC[N+](C)(C)C)C(=O)O. The van der Waals surface area contributed by atoms with E-state index in [9.17, 15) is 19.5 Å². The molecule has 0 spiro atoms. The molecule has 0 radical (unpaired) electrons. The van der Waals surface area contributed by atoms with Gasteiger partial charge in [-0.1, -0.05) is 338 Å². The van der Waals surface area contributed by atoms with Gasteiger partial charge in [-0.05, 0) is 83.5 Å². The molecule has 2 unspecified atom stereocenters. The molecule has 0 aromatic rings. The lowest BCUT2D eigenvalue weighted by Crippen LogP contribution is -2.40. The number of unbranched alkanes of at least 4 members (excludes halogenated alkanes) is 47. The van der Waals surface area contributed by atoms with Gasteiger partial charge >= 0.3 is 17.9 Å². The van der Waals surface area contributed by atoms with Crippen LogP contribution < -0.4 is 0 Å². The molecule has 520 valence electrons. The fraction of sp³-hybridized carbons (Fsp3) is 0.838. The van der Waals surface area contributed by atoms with E-state index in [-0.39, 0.29) is 38.2 Å². The Balaban J connectivity index is 4.01. The highest BCUT2D eigenvalue weighted by molar-refractivity contribution is 5.71. The van der Waals surface area contributed by atoms with Gasteiger partial charge in [0, 0.05) is 12.8 Å². The zero-order chi connectivity index (χ0) is 64.7. The van der Waals surface area contributed by atoms with E-state index < -0.39 is 18.4 Å². The number of likely N-dealkylation sites (N-methyl/N-ethyl adjacent to an activating group) is 1. The third-order valence-corrected chi connectivity index (χ3v) is 17.2. The maximum Gasteiger partial charge on any atom is 0.361 e. The molecule has 9 nitrogen and oxygen atoms in total. The summed E-state index contributed by atoms with van der Waals surface area (Å²) in [7, 11) is 5.99. The van der Waals surface area contributed by atoms with Crippen LogP contribution in [-0.4, -0.2) is 87.4 Å². The van der Waals surface area contributed by atoms with Crippen LogP contribution >= 0.6 is 0 Å². The van der Waals surface area contributed by atoms with Crippen molar-refractivity contribution in [3.05, 3.63) is 60.8 Å². The van der Waals surface area contributed by atoms with Crippen molar-refractivity contribution in [1.29, 1.82) is 0 Å². The molecule has 0 rings (SSSR count). The van der Waals surface area contributed by atoms with Gasteiger partial charge in [-0.3, -0.25) is 9.59 Å². The lowest BCUT2D eigenvalue weighted by atomic mass is 10.0. The second kappa shape index (κ2) is 70.9. The molecule has 0 fully saturated rings. The van der Waals surface area contributed by atoms with E-state index >= 15 is 0 Å². The predicted molar refractivity (Wildman–Crippen MR) is 383 cm³/mol. The van der Waals surface area contributed by atoms with Gasteiger partial charge in [-0.15, -0.1) is 0 Å². The molecule has 89 heavy (non-hydrogen) atoms. The van der Waals surface area contributed by atoms with Crippen molar-refractivity contribution in [2.45, 2.75) is 386 Å². The van der Waals surface area contributed by atoms with Crippen LogP contribution in [0.4, 0.5) is 0 Å². The van der Waals surface area contributed by atoms with Crippen LogP contribution in [0.25, 0.3) is 0 Å². The van der Waals surface area contributed by atoms with Gasteiger partial charge in [0.1, 0.15) is 13.2 Å². The second-order valence-corrected chi connectivity index (χ2v) is 27.3. The van der Waals surface area contributed by atoms with E-state index in [0.717, 1.165) is 57.8 Å². The first-order valence-electron chi connectivity index (χ1n) is 38.5. The Bertz CT molecular complexity index is 1650. The van der Waals surface area contributed by atoms with Crippen LogP contribution in [0.15, 0.2) is 60.8 Å². The number of carboxylic acid groups (broad SMARTS) is 1. The number of carbonyl (C=O) groups excluding carboxylic acids is 2. The van der Waals surface area contributed by atoms with E-state index in [1.807, 2.05) is 21.1 Å². The quantitative estimate of drug-likeness (QED) is 0.0211. The fourth-order valence-electron chi connectivity index (χ4n) is 11.4. The first-order chi connectivity index (χ1) is 43.6. The Kier molecular flexibility index (Phi) is 68.5. The van der Waals surface area contributed by atoms with Gasteiger partial charge in [0.25, 0.3) is 6.29 Å². The number of allylic oxidation sites excluding steroid dienone is 10. The standard InChI is InChI=1S/C80H147NO8/c1-6-8-10-12-14-16-18-20-22-24-26-28-30-32-34-36-37-38-39-40-41-43-44-46-48-50-52-54-56-58-60-62-64-66-68-70-77(82)87-74-76(75-88-80(79(84)85)86-73-72-81(3,4)5)89-78(83)71-69-67-65-63-61-59-57-55-53-51-49-47-45-42-35-33-31-29-27-25-23-21-19-17-15-13-11-9-7-2/h18-21,24-27,31,33,76,80H,6-17,22-23,28-30,32,34-75H2,1-5H3/p+1/b20-18-,21-19-,26-24-,27-25-,33-31-. The highest BCUT2D eigenvalue weighted by Crippen LogP contribution is 2.19. The molecule has 0 aliphatic heterocycles. The molecular weight excluding hydrogens is 1100 g/mol. The third kappa shape index (κ3) is 72.3. The average Bonchev–Trinajstić information content (AvgIpc) is 3.71. The summed E-state index contributed by atoms with van der Waals surface area (Å²) >= 11 is 0. The number of hydrogen-bond donors (Lipinski definition) is 1. The largest absolute Gasteiger partial charge is 0.477 e. The second-order valence-electron chi connectivity index (χ2n) is 27.3. The lowest BCUT2D eigenvalue weighted by Gasteiger charge is -2.25. The molecular formula is C80H148NO8+. The van der Waals surface area contributed by atoms with E-state index in [4.69, 9.17) is 18.9 Å². The molecule has 1 N–H and O–H groups in total. The number of ether oxygens (including phenoxy) is 4. The zero-order valence-electron chi connectivity index (χ0n) is 59.6. The van der Waals surface area contributed by atoms with Crippen LogP contribution in [0.5, 0.6) is 0 Å². The Labute approximate surface area is 552 Å². The van der Waals surface area contributed by atoms with Gasteiger partial charge in [0.15, 0.2) is 6.10 Å².